The number of hydrogen-bond acceptors (Lipinski definition) is 5. The maximum Gasteiger partial charge on any atom is 0.290 e. The van der Waals surface area contributed by atoms with Gasteiger partial charge < -0.3 is 19.6 Å². The van der Waals surface area contributed by atoms with E-state index in [4.69, 9.17) is 14.6 Å². The van der Waals surface area contributed by atoms with Crippen LogP contribution in [0.3, 0.4) is 0 Å². The molecule has 158 valence electrons. The predicted molar refractivity (Wildman–Crippen MR) is 107 cm³/mol. The first-order valence-corrected chi connectivity index (χ1v) is 10.2. The molecule has 2 saturated heterocycles. The molecule has 8 heteroatoms. The van der Waals surface area contributed by atoms with E-state index in [0.717, 1.165) is 70.3 Å². The fraction of sp³-hybridized carbons (Fsp3) is 0.750. The molecule has 3 heterocycles. The normalized spacial score (nSPS) is 20.6. The van der Waals surface area contributed by atoms with Crippen molar-refractivity contribution < 1.29 is 19.4 Å². The molecule has 0 aromatic carbocycles. The van der Waals surface area contributed by atoms with Crippen molar-refractivity contribution >= 4 is 12.4 Å². The van der Waals surface area contributed by atoms with Gasteiger partial charge in [-0.25, -0.2) is 0 Å². The van der Waals surface area contributed by atoms with E-state index in [2.05, 4.69) is 23.8 Å². The van der Waals surface area contributed by atoms with Crippen molar-refractivity contribution in [3.63, 3.8) is 0 Å². The molecular formula is C20H34N4O4. The van der Waals surface area contributed by atoms with Gasteiger partial charge in [0.05, 0.1) is 12.3 Å². The smallest absolute Gasteiger partial charge is 0.290 e. The Morgan fingerprint density at radius 1 is 1.36 bits per heavy atom. The van der Waals surface area contributed by atoms with Crippen molar-refractivity contribution in [3.8, 4) is 0 Å². The highest BCUT2D eigenvalue weighted by atomic mass is 16.5. The summed E-state index contributed by atoms with van der Waals surface area (Å²) in [4.78, 5) is 25.9. The zero-order valence-corrected chi connectivity index (χ0v) is 17.3. The van der Waals surface area contributed by atoms with E-state index in [1.54, 1.807) is 0 Å². The average molecular weight is 395 g/mol. The molecule has 0 spiro atoms. The molecular weight excluding hydrogens is 360 g/mol. The Labute approximate surface area is 167 Å². The quantitative estimate of drug-likeness (QED) is 0.768. The second kappa shape index (κ2) is 11.2. The van der Waals surface area contributed by atoms with Crippen LogP contribution in [0, 0.1) is 5.92 Å². The second-order valence-electron chi connectivity index (χ2n) is 7.71. The predicted octanol–water partition coefficient (Wildman–Crippen LogP) is 1.91. The van der Waals surface area contributed by atoms with Crippen LogP contribution in [0.25, 0.3) is 0 Å². The van der Waals surface area contributed by atoms with Crippen molar-refractivity contribution in [2.45, 2.75) is 46.1 Å². The van der Waals surface area contributed by atoms with Crippen LogP contribution in [-0.2, 0) is 16.1 Å². The molecule has 2 aliphatic rings. The summed E-state index contributed by atoms with van der Waals surface area (Å²) in [6.45, 7) is 13.3. The fourth-order valence-corrected chi connectivity index (χ4v) is 3.74. The van der Waals surface area contributed by atoms with Gasteiger partial charge in [-0.3, -0.25) is 14.3 Å². The minimum Gasteiger partial charge on any atom is -0.483 e. The largest absolute Gasteiger partial charge is 0.483 e. The van der Waals surface area contributed by atoms with Crippen LogP contribution in [0.1, 0.15) is 55.7 Å². The Bertz CT molecular complexity index is 626. The van der Waals surface area contributed by atoms with Crippen molar-refractivity contribution in [3.05, 3.63) is 17.5 Å². The van der Waals surface area contributed by atoms with E-state index in [1.165, 1.54) is 6.42 Å². The SMILES string of the molecule is CCn1nc(C(C)C)cc1C(=O)N1CCCN(CC2CCOC2)CC1.O=CO. The van der Waals surface area contributed by atoms with Gasteiger partial charge in [0.1, 0.15) is 5.69 Å². The van der Waals surface area contributed by atoms with Crippen molar-refractivity contribution in [2.75, 3.05) is 45.9 Å². The van der Waals surface area contributed by atoms with Gasteiger partial charge in [0, 0.05) is 39.3 Å². The van der Waals surface area contributed by atoms with Crippen molar-refractivity contribution in [1.29, 1.82) is 0 Å². The number of ether oxygens (including phenoxy) is 1. The van der Waals surface area contributed by atoms with Crippen molar-refractivity contribution in [1.82, 2.24) is 19.6 Å². The zero-order valence-electron chi connectivity index (χ0n) is 17.3. The summed E-state index contributed by atoms with van der Waals surface area (Å²) >= 11 is 0. The third-order valence-electron chi connectivity index (χ3n) is 5.33. The number of carboxylic acid groups (broad SMARTS) is 1. The first-order chi connectivity index (χ1) is 13.5. The van der Waals surface area contributed by atoms with Crippen LogP contribution in [0.2, 0.25) is 0 Å². The molecule has 1 amide bonds. The highest BCUT2D eigenvalue weighted by Gasteiger charge is 2.26. The van der Waals surface area contributed by atoms with Gasteiger partial charge in [0.2, 0.25) is 0 Å². The van der Waals surface area contributed by atoms with E-state index in [0.29, 0.717) is 11.8 Å². The molecule has 2 fully saturated rings. The number of carbonyl (C=O) groups is 2. The lowest BCUT2D eigenvalue weighted by atomic mass is 10.1. The Morgan fingerprint density at radius 2 is 2.11 bits per heavy atom. The number of amides is 1. The van der Waals surface area contributed by atoms with Gasteiger partial charge in [-0.15, -0.1) is 0 Å². The zero-order chi connectivity index (χ0) is 20.5. The van der Waals surface area contributed by atoms with Crippen LogP contribution >= 0.6 is 0 Å². The summed E-state index contributed by atoms with van der Waals surface area (Å²) in [6, 6.07) is 1.98. The van der Waals surface area contributed by atoms with Gasteiger partial charge in [-0.1, -0.05) is 13.8 Å². The van der Waals surface area contributed by atoms with Crippen LogP contribution in [0.15, 0.2) is 6.07 Å². The third kappa shape index (κ3) is 6.04. The number of rotatable bonds is 5. The highest BCUT2D eigenvalue weighted by Crippen LogP contribution is 2.18. The topological polar surface area (TPSA) is 87.9 Å². The first kappa shape index (κ1) is 22.4. The molecule has 1 N–H and O–H groups in total. The minimum absolute atomic E-state index is 0.132. The molecule has 2 aliphatic heterocycles. The standard InChI is InChI=1S/C19H32N4O2.CH2O2/c1-4-23-18(12-17(20-23)15(2)3)19(24)22-8-5-7-21(9-10-22)13-16-6-11-25-14-16;2-1-3/h12,15-16H,4-11,13-14H2,1-3H3;1H,(H,2,3). The minimum atomic E-state index is -0.250. The summed E-state index contributed by atoms with van der Waals surface area (Å²) in [5.41, 5.74) is 1.74. The van der Waals surface area contributed by atoms with Crippen molar-refractivity contribution in [2.24, 2.45) is 5.92 Å². The van der Waals surface area contributed by atoms with Gasteiger partial charge in [-0.2, -0.15) is 5.10 Å². The molecule has 0 aliphatic carbocycles. The molecule has 1 aromatic rings. The number of nitrogens with zero attached hydrogens (tertiary/aromatic N) is 4. The second-order valence-corrected chi connectivity index (χ2v) is 7.71. The fourth-order valence-electron chi connectivity index (χ4n) is 3.74. The molecule has 0 saturated carbocycles. The monoisotopic (exact) mass is 394 g/mol. The van der Waals surface area contributed by atoms with Gasteiger partial charge >= 0.3 is 0 Å². The summed E-state index contributed by atoms with van der Waals surface area (Å²) in [6.07, 6.45) is 2.21. The number of aromatic nitrogens is 2. The molecule has 1 unspecified atom stereocenters. The number of carbonyl (C=O) groups excluding carboxylic acids is 1. The average Bonchev–Trinajstić information content (AvgIpc) is 3.28. The molecule has 0 bridgehead atoms. The van der Waals surface area contributed by atoms with Crippen LogP contribution in [-0.4, -0.2) is 83.0 Å². The maximum atomic E-state index is 13.0. The molecule has 28 heavy (non-hydrogen) atoms. The maximum absolute atomic E-state index is 13.0. The van der Waals surface area contributed by atoms with E-state index in [1.807, 2.05) is 22.6 Å². The summed E-state index contributed by atoms with van der Waals surface area (Å²) in [5, 5.41) is 11.5. The van der Waals surface area contributed by atoms with Gasteiger partial charge in [-0.05, 0) is 44.2 Å². The summed E-state index contributed by atoms with van der Waals surface area (Å²) in [7, 11) is 0. The number of hydrogen-bond donors (Lipinski definition) is 1. The van der Waals surface area contributed by atoms with E-state index < -0.39 is 0 Å². The van der Waals surface area contributed by atoms with Gasteiger partial charge in [0.15, 0.2) is 0 Å². The Morgan fingerprint density at radius 3 is 2.71 bits per heavy atom. The van der Waals surface area contributed by atoms with E-state index in [-0.39, 0.29) is 12.4 Å². The molecule has 1 atom stereocenters. The highest BCUT2D eigenvalue weighted by molar-refractivity contribution is 5.92. The van der Waals surface area contributed by atoms with E-state index in [9.17, 15) is 4.79 Å². The van der Waals surface area contributed by atoms with E-state index >= 15 is 0 Å². The lowest BCUT2D eigenvalue weighted by Crippen LogP contribution is -2.37. The lowest BCUT2D eigenvalue weighted by molar-refractivity contribution is -0.122. The van der Waals surface area contributed by atoms with Gasteiger partial charge in [0.25, 0.3) is 12.4 Å². The molecule has 0 radical (unpaired) electrons. The van der Waals surface area contributed by atoms with Crippen LogP contribution < -0.4 is 0 Å². The lowest BCUT2D eigenvalue weighted by Gasteiger charge is -2.24. The Hall–Kier alpha value is -1.93. The Balaban J connectivity index is 0.000000878. The summed E-state index contributed by atoms with van der Waals surface area (Å²) < 4.78 is 7.35. The third-order valence-corrected chi connectivity index (χ3v) is 5.33. The Kier molecular flexibility index (Phi) is 8.92. The molecule has 1 aromatic heterocycles. The molecule has 8 nitrogen and oxygen atoms in total. The van der Waals surface area contributed by atoms with Crippen LogP contribution in [0.4, 0.5) is 0 Å². The molecule has 3 rings (SSSR count). The number of aryl methyl sites for hydroxylation is 1. The summed E-state index contributed by atoms with van der Waals surface area (Å²) in [5.74, 6) is 1.14. The first-order valence-electron chi connectivity index (χ1n) is 10.2. The van der Waals surface area contributed by atoms with Crippen LogP contribution in [0.5, 0.6) is 0 Å².